The average molecular weight is 373 g/mol. The van der Waals surface area contributed by atoms with Crippen LogP contribution in [-0.4, -0.2) is 41.7 Å². The van der Waals surface area contributed by atoms with Crippen molar-refractivity contribution in [2.24, 2.45) is 11.8 Å². The zero-order chi connectivity index (χ0) is 19.4. The Kier molecular flexibility index (Phi) is 5.94. The molecule has 0 spiro atoms. The van der Waals surface area contributed by atoms with Crippen molar-refractivity contribution in [3.8, 4) is 0 Å². The first-order chi connectivity index (χ1) is 13.0. The third-order valence-electron chi connectivity index (χ3n) is 5.34. The van der Waals surface area contributed by atoms with Crippen LogP contribution in [0, 0.1) is 11.8 Å². The highest BCUT2D eigenvalue weighted by Gasteiger charge is 2.48. The molecule has 2 aliphatic rings. The highest BCUT2D eigenvalue weighted by Crippen LogP contribution is 2.42. The number of carbonyl (C=O) groups is 2. The first kappa shape index (κ1) is 19.5. The number of hydrogen-bond donors (Lipinski definition) is 5. The number of nitrogens with one attached hydrogen (secondary N) is 3. The minimum Gasteiger partial charge on any atom is -0.396 e. The van der Waals surface area contributed by atoms with Crippen molar-refractivity contribution in [3.63, 3.8) is 0 Å². The second-order valence-electron chi connectivity index (χ2n) is 7.24. The summed E-state index contributed by atoms with van der Waals surface area (Å²) in [4.78, 5) is 24.9. The summed E-state index contributed by atoms with van der Waals surface area (Å²) in [6, 6.07) is 5.09. The summed E-state index contributed by atoms with van der Waals surface area (Å²) in [5.41, 5.74) is -0.157. The van der Waals surface area contributed by atoms with Gasteiger partial charge in [0.05, 0.1) is 5.92 Å². The fourth-order valence-electron chi connectivity index (χ4n) is 3.67. The third kappa shape index (κ3) is 3.90. The molecule has 0 aromatic heterocycles. The van der Waals surface area contributed by atoms with E-state index < -0.39 is 17.4 Å². The Bertz CT molecular complexity index is 743. The van der Waals surface area contributed by atoms with Crippen molar-refractivity contribution in [1.29, 1.82) is 0 Å². The van der Waals surface area contributed by atoms with Gasteiger partial charge in [-0.2, -0.15) is 0 Å². The summed E-state index contributed by atoms with van der Waals surface area (Å²) in [7, 11) is 0. The number of amides is 2. The molecule has 3 rings (SSSR count). The van der Waals surface area contributed by atoms with Gasteiger partial charge in [-0.25, -0.2) is 0 Å². The molecule has 5 N–H and O–H groups in total. The maximum Gasteiger partial charge on any atom is 0.261 e. The van der Waals surface area contributed by atoms with E-state index in [9.17, 15) is 14.7 Å². The summed E-state index contributed by atoms with van der Waals surface area (Å²) < 4.78 is 0. The highest BCUT2D eigenvalue weighted by molar-refractivity contribution is 6.06. The van der Waals surface area contributed by atoms with Crippen LogP contribution in [0.25, 0.3) is 0 Å². The minimum absolute atomic E-state index is 0.0106. The van der Waals surface area contributed by atoms with E-state index in [1.807, 2.05) is 0 Å². The van der Waals surface area contributed by atoms with E-state index in [-0.39, 0.29) is 18.4 Å². The van der Waals surface area contributed by atoms with E-state index >= 15 is 0 Å². The summed E-state index contributed by atoms with van der Waals surface area (Å²) in [6.07, 6.45) is 5.75. The molecule has 0 radical (unpaired) electrons. The zero-order valence-corrected chi connectivity index (χ0v) is 15.5. The monoisotopic (exact) mass is 373 g/mol. The first-order valence-corrected chi connectivity index (χ1v) is 9.44. The van der Waals surface area contributed by atoms with E-state index in [1.54, 1.807) is 37.3 Å². The van der Waals surface area contributed by atoms with E-state index in [0.29, 0.717) is 29.9 Å². The van der Waals surface area contributed by atoms with Gasteiger partial charge in [0.25, 0.3) is 5.91 Å². The van der Waals surface area contributed by atoms with Crippen molar-refractivity contribution in [3.05, 3.63) is 35.9 Å². The van der Waals surface area contributed by atoms with Crippen LogP contribution in [0.2, 0.25) is 0 Å². The second kappa shape index (κ2) is 8.21. The molecule has 2 heterocycles. The topological polar surface area (TPSA) is 111 Å². The van der Waals surface area contributed by atoms with Crippen LogP contribution in [0.15, 0.2) is 30.4 Å². The SMILES string of the molecule is C[C@@H](/C=C/CCO)[C@]1(O)C(=O)Nc2ccc(NC(=O)C3CCCNC3)cc21. The molecule has 0 saturated carbocycles. The predicted octanol–water partition coefficient (Wildman–Crippen LogP) is 1.34. The molecule has 27 heavy (non-hydrogen) atoms. The number of rotatable bonds is 6. The standard InChI is InChI=1S/C20H27N3O4/c1-13(5-2-3-10-24)20(27)16-11-15(7-8-17(16)23-19(20)26)22-18(25)14-6-4-9-21-12-14/h2,5,7-8,11,13-14,21,24,27H,3-4,6,9-10,12H2,1H3,(H,22,25)(H,23,26)/b5-2+/t13-,14?,20+/m0/s1. The maximum absolute atomic E-state index is 12.5. The van der Waals surface area contributed by atoms with E-state index in [2.05, 4.69) is 16.0 Å². The van der Waals surface area contributed by atoms with Gasteiger partial charge in [0.1, 0.15) is 0 Å². The van der Waals surface area contributed by atoms with Gasteiger partial charge in [-0.15, -0.1) is 0 Å². The lowest BCUT2D eigenvalue weighted by Gasteiger charge is -2.26. The lowest BCUT2D eigenvalue weighted by Crippen LogP contribution is -2.40. The fourth-order valence-corrected chi connectivity index (χ4v) is 3.67. The lowest BCUT2D eigenvalue weighted by atomic mass is 9.82. The van der Waals surface area contributed by atoms with Crippen LogP contribution in [0.1, 0.15) is 31.7 Å². The number of fused-ring (bicyclic) bond motifs is 1. The molecule has 1 saturated heterocycles. The summed E-state index contributed by atoms with van der Waals surface area (Å²) in [5, 5.41) is 28.9. The Balaban J connectivity index is 1.81. The van der Waals surface area contributed by atoms with Gasteiger partial charge >= 0.3 is 0 Å². The van der Waals surface area contributed by atoms with Crippen molar-refractivity contribution in [2.45, 2.75) is 31.8 Å². The smallest absolute Gasteiger partial charge is 0.261 e. The molecule has 1 unspecified atom stereocenters. The quantitative estimate of drug-likeness (QED) is 0.483. The summed E-state index contributed by atoms with van der Waals surface area (Å²) in [6.45, 7) is 3.36. The van der Waals surface area contributed by atoms with Gasteiger partial charge in [0.2, 0.25) is 5.91 Å². The molecular weight excluding hydrogens is 346 g/mol. The number of aliphatic hydroxyl groups is 2. The van der Waals surface area contributed by atoms with Crippen molar-refractivity contribution in [2.75, 3.05) is 30.3 Å². The van der Waals surface area contributed by atoms with E-state index in [4.69, 9.17) is 5.11 Å². The number of anilines is 2. The first-order valence-electron chi connectivity index (χ1n) is 9.44. The summed E-state index contributed by atoms with van der Waals surface area (Å²) in [5.74, 6) is -1.11. The molecule has 2 aliphatic heterocycles. The van der Waals surface area contributed by atoms with Crippen LogP contribution in [-0.2, 0) is 15.2 Å². The lowest BCUT2D eigenvalue weighted by molar-refractivity contribution is -0.137. The van der Waals surface area contributed by atoms with Gasteiger partial charge in [0.15, 0.2) is 5.60 Å². The summed E-state index contributed by atoms with van der Waals surface area (Å²) >= 11 is 0. The van der Waals surface area contributed by atoms with Gasteiger partial charge in [0, 0.05) is 36.0 Å². The molecule has 1 aromatic rings. The molecule has 7 heteroatoms. The Labute approximate surface area is 158 Å². The van der Waals surface area contributed by atoms with Crippen LogP contribution in [0.5, 0.6) is 0 Å². The Morgan fingerprint density at radius 2 is 2.30 bits per heavy atom. The normalized spacial score (nSPS) is 25.9. The Hall–Kier alpha value is -2.22. The number of hydrogen-bond acceptors (Lipinski definition) is 5. The van der Waals surface area contributed by atoms with Crippen molar-refractivity contribution >= 4 is 23.2 Å². The molecule has 0 bridgehead atoms. The number of carbonyl (C=O) groups excluding carboxylic acids is 2. The van der Waals surface area contributed by atoms with Gasteiger partial charge in [-0.05, 0) is 44.0 Å². The third-order valence-corrected chi connectivity index (χ3v) is 5.34. The van der Waals surface area contributed by atoms with E-state index in [0.717, 1.165) is 19.4 Å². The Morgan fingerprint density at radius 1 is 1.48 bits per heavy atom. The molecule has 1 aromatic carbocycles. The number of benzene rings is 1. The van der Waals surface area contributed by atoms with Gasteiger partial charge in [-0.3, -0.25) is 9.59 Å². The van der Waals surface area contributed by atoms with Crippen molar-refractivity contribution < 1.29 is 19.8 Å². The Morgan fingerprint density at radius 3 is 3.00 bits per heavy atom. The van der Waals surface area contributed by atoms with E-state index in [1.165, 1.54) is 0 Å². The largest absolute Gasteiger partial charge is 0.396 e. The number of aliphatic hydroxyl groups excluding tert-OH is 1. The number of piperidine rings is 1. The van der Waals surface area contributed by atoms with Gasteiger partial charge in [-0.1, -0.05) is 19.1 Å². The van der Waals surface area contributed by atoms with Crippen LogP contribution >= 0.6 is 0 Å². The van der Waals surface area contributed by atoms with Crippen molar-refractivity contribution in [1.82, 2.24) is 5.32 Å². The zero-order valence-electron chi connectivity index (χ0n) is 15.5. The van der Waals surface area contributed by atoms with Crippen LogP contribution < -0.4 is 16.0 Å². The maximum atomic E-state index is 12.5. The van der Waals surface area contributed by atoms with Crippen LogP contribution in [0.4, 0.5) is 11.4 Å². The molecule has 7 nitrogen and oxygen atoms in total. The highest BCUT2D eigenvalue weighted by atomic mass is 16.3. The van der Waals surface area contributed by atoms with Crippen LogP contribution in [0.3, 0.4) is 0 Å². The molecule has 3 atom stereocenters. The second-order valence-corrected chi connectivity index (χ2v) is 7.24. The molecule has 1 fully saturated rings. The average Bonchev–Trinajstić information content (AvgIpc) is 2.94. The molecular formula is C20H27N3O4. The predicted molar refractivity (Wildman–Crippen MR) is 103 cm³/mol. The molecule has 146 valence electrons. The fraction of sp³-hybridized carbons (Fsp3) is 0.500. The molecule has 2 amide bonds. The minimum atomic E-state index is -1.71. The molecule has 0 aliphatic carbocycles. The van der Waals surface area contributed by atoms with Gasteiger partial charge < -0.3 is 26.2 Å².